The van der Waals surface area contributed by atoms with Gasteiger partial charge in [-0.25, -0.2) is 0 Å². The van der Waals surface area contributed by atoms with Gasteiger partial charge in [-0.2, -0.15) is 0 Å². The van der Waals surface area contributed by atoms with Crippen LogP contribution >= 0.6 is 7.37 Å². The molecule has 0 saturated carbocycles. The predicted molar refractivity (Wildman–Crippen MR) is 45.4 cm³/mol. The molecule has 0 fully saturated rings. The Labute approximate surface area is 66.7 Å². The maximum absolute atomic E-state index is 11.2. The van der Waals surface area contributed by atoms with E-state index in [0.29, 0.717) is 5.75 Å². The fourth-order valence-corrected chi connectivity index (χ4v) is 1.32. The molecule has 2 nitrogen and oxygen atoms in total. The second-order valence-corrected chi connectivity index (χ2v) is 5.27. The minimum atomic E-state index is -2.40. The van der Waals surface area contributed by atoms with E-state index < -0.39 is 7.37 Å². The monoisotopic (exact) mass is 169 g/mol. The Morgan fingerprint density at radius 3 is 2.36 bits per heavy atom. The number of benzene rings is 1. The molecule has 59 valence electrons. The average Bonchev–Trinajstić information content (AvgIpc) is 1.85. The summed E-state index contributed by atoms with van der Waals surface area (Å²) in [6, 6.07) is 9.77. The topological polar surface area (TPSA) is 26.3 Å². The van der Waals surface area contributed by atoms with Crippen molar-refractivity contribution in [3.63, 3.8) is 0 Å². The summed E-state index contributed by atoms with van der Waals surface area (Å²) in [6.45, 7) is 3.17. The molecule has 1 aromatic rings. The quantitative estimate of drug-likeness (QED) is 0.635. The molecule has 0 spiro atoms. The van der Waals surface area contributed by atoms with E-state index in [-0.39, 0.29) is 0 Å². The van der Waals surface area contributed by atoms with Crippen LogP contribution in [0.5, 0.6) is 5.75 Å². The van der Waals surface area contributed by atoms with Gasteiger partial charge in [0, 0.05) is 13.3 Å². The van der Waals surface area contributed by atoms with Gasteiger partial charge in [-0.15, -0.1) is 0 Å². The van der Waals surface area contributed by atoms with Crippen LogP contribution in [0.3, 0.4) is 0 Å². The van der Waals surface area contributed by atoms with Crippen molar-refractivity contribution in [1.29, 1.82) is 0 Å². The first kappa shape index (κ1) is 8.35. The summed E-state index contributed by atoms with van der Waals surface area (Å²) in [6.07, 6.45) is 0. The van der Waals surface area contributed by atoms with Gasteiger partial charge in [-0.3, -0.25) is 4.57 Å². The van der Waals surface area contributed by atoms with Crippen LogP contribution in [0.1, 0.15) is 0 Å². The van der Waals surface area contributed by atoms with E-state index in [2.05, 4.69) is 6.07 Å². The summed E-state index contributed by atoms with van der Waals surface area (Å²) in [5.41, 5.74) is 0. The zero-order valence-corrected chi connectivity index (χ0v) is 7.47. The third-order valence-electron chi connectivity index (χ3n) is 1.01. The minimum Gasteiger partial charge on any atom is -0.443 e. The lowest BCUT2D eigenvalue weighted by Crippen LogP contribution is -1.87. The highest BCUT2D eigenvalue weighted by Gasteiger charge is 2.07. The molecule has 11 heavy (non-hydrogen) atoms. The first-order valence-corrected chi connectivity index (χ1v) is 5.80. The molecule has 0 heterocycles. The van der Waals surface area contributed by atoms with Crippen molar-refractivity contribution in [2.45, 2.75) is 0 Å². The number of rotatable bonds is 2. The SMILES string of the molecule is CP(C)(=O)Oc1cc[c]cc1. The molecule has 0 bridgehead atoms. The lowest BCUT2D eigenvalue weighted by molar-refractivity contribution is 0.494. The van der Waals surface area contributed by atoms with Crippen molar-refractivity contribution >= 4 is 7.37 Å². The summed E-state index contributed by atoms with van der Waals surface area (Å²) in [7, 11) is -2.40. The number of hydrogen-bond acceptors (Lipinski definition) is 2. The summed E-state index contributed by atoms with van der Waals surface area (Å²) < 4.78 is 16.3. The van der Waals surface area contributed by atoms with Gasteiger partial charge in [-0.1, -0.05) is 12.1 Å². The van der Waals surface area contributed by atoms with Crippen LogP contribution in [0.15, 0.2) is 24.3 Å². The first-order valence-electron chi connectivity index (χ1n) is 3.29. The van der Waals surface area contributed by atoms with E-state index in [1.54, 1.807) is 37.6 Å². The van der Waals surface area contributed by atoms with Gasteiger partial charge < -0.3 is 4.52 Å². The first-order chi connectivity index (χ1) is 5.08. The normalized spacial score (nSPS) is 11.1. The highest BCUT2D eigenvalue weighted by Crippen LogP contribution is 2.38. The zero-order chi connectivity index (χ0) is 8.32. The summed E-state index contributed by atoms with van der Waals surface area (Å²) in [5.74, 6) is 0.636. The van der Waals surface area contributed by atoms with Gasteiger partial charge in [0.25, 0.3) is 0 Å². The van der Waals surface area contributed by atoms with Crippen LogP contribution in [0.25, 0.3) is 0 Å². The van der Waals surface area contributed by atoms with Crippen molar-refractivity contribution in [1.82, 2.24) is 0 Å². The highest BCUT2D eigenvalue weighted by molar-refractivity contribution is 7.57. The van der Waals surface area contributed by atoms with Crippen molar-refractivity contribution in [2.24, 2.45) is 0 Å². The maximum atomic E-state index is 11.2. The largest absolute Gasteiger partial charge is 0.443 e. The molecule has 0 atom stereocenters. The fraction of sp³-hybridized carbons (Fsp3) is 0.250. The van der Waals surface area contributed by atoms with Crippen LogP contribution in [0.2, 0.25) is 0 Å². The van der Waals surface area contributed by atoms with E-state index in [1.165, 1.54) is 0 Å². The van der Waals surface area contributed by atoms with E-state index in [1.807, 2.05) is 0 Å². The van der Waals surface area contributed by atoms with Crippen LogP contribution < -0.4 is 4.52 Å². The molecule has 1 rings (SSSR count). The van der Waals surface area contributed by atoms with Crippen LogP contribution in [-0.4, -0.2) is 13.3 Å². The lowest BCUT2D eigenvalue weighted by Gasteiger charge is -2.08. The van der Waals surface area contributed by atoms with Gasteiger partial charge in [-0.05, 0) is 18.2 Å². The summed E-state index contributed by atoms with van der Waals surface area (Å²) in [4.78, 5) is 0. The minimum absolute atomic E-state index is 0.636. The third-order valence-corrected chi connectivity index (χ3v) is 1.66. The Balaban J connectivity index is 2.74. The Hall–Kier alpha value is -0.750. The van der Waals surface area contributed by atoms with Crippen molar-refractivity contribution in [2.75, 3.05) is 13.3 Å². The van der Waals surface area contributed by atoms with Gasteiger partial charge in [0.2, 0.25) is 7.37 Å². The van der Waals surface area contributed by atoms with Crippen molar-refractivity contribution in [3.8, 4) is 5.75 Å². The Bertz CT molecular complexity index is 263. The standard InChI is InChI=1S/C8H10O2P/c1-11(2,9)10-8-6-4-3-5-7-8/h4-7H,1-2H3. The van der Waals surface area contributed by atoms with Gasteiger partial charge in [0.05, 0.1) is 0 Å². The predicted octanol–water partition coefficient (Wildman–Crippen LogP) is 2.40. The maximum Gasteiger partial charge on any atom is 0.242 e. The van der Waals surface area contributed by atoms with Crippen LogP contribution in [0, 0.1) is 6.07 Å². The fourth-order valence-electron chi connectivity index (χ4n) is 0.686. The molecule has 3 heteroatoms. The molecule has 0 unspecified atom stereocenters. The molecule has 0 aliphatic heterocycles. The van der Waals surface area contributed by atoms with Crippen molar-refractivity contribution < 1.29 is 9.09 Å². The second-order valence-electron chi connectivity index (χ2n) is 2.58. The zero-order valence-electron chi connectivity index (χ0n) is 6.57. The lowest BCUT2D eigenvalue weighted by atomic mass is 10.3. The van der Waals surface area contributed by atoms with E-state index in [0.717, 1.165) is 0 Å². The number of hydrogen-bond donors (Lipinski definition) is 0. The Kier molecular flexibility index (Phi) is 2.35. The third kappa shape index (κ3) is 3.24. The Morgan fingerprint density at radius 1 is 1.36 bits per heavy atom. The second kappa shape index (κ2) is 3.10. The molecule has 1 aromatic carbocycles. The molecule has 0 aliphatic rings. The molecule has 0 N–H and O–H groups in total. The van der Waals surface area contributed by atoms with E-state index in [9.17, 15) is 4.57 Å². The molecule has 0 aromatic heterocycles. The highest BCUT2D eigenvalue weighted by atomic mass is 31.2. The van der Waals surface area contributed by atoms with Gasteiger partial charge >= 0.3 is 0 Å². The van der Waals surface area contributed by atoms with Gasteiger partial charge in [0.1, 0.15) is 5.75 Å². The molecule has 0 saturated heterocycles. The summed E-state index contributed by atoms with van der Waals surface area (Å²) >= 11 is 0. The molecule has 0 amide bonds. The molecule has 1 radical (unpaired) electrons. The summed E-state index contributed by atoms with van der Waals surface area (Å²) in [5, 5.41) is 0. The Morgan fingerprint density at radius 2 is 1.91 bits per heavy atom. The molecule has 0 aliphatic carbocycles. The van der Waals surface area contributed by atoms with E-state index in [4.69, 9.17) is 4.52 Å². The molecular weight excluding hydrogens is 159 g/mol. The van der Waals surface area contributed by atoms with Gasteiger partial charge in [0.15, 0.2) is 0 Å². The van der Waals surface area contributed by atoms with E-state index >= 15 is 0 Å². The van der Waals surface area contributed by atoms with Crippen molar-refractivity contribution in [3.05, 3.63) is 30.3 Å². The smallest absolute Gasteiger partial charge is 0.242 e. The average molecular weight is 169 g/mol. The van der Waals surface area contributed by atoms with Crippen LogP contribution in [0.4, 0.5) is 0 Å². The van der Waals surface area contributed by atoms with Crippen LogP contribution in [-0.2, 0) is 4.57 Å². The molecular formula is C8H10O2P.